The van der Waals surface area contributed by atoms with Gasteiger partial charge in [-0.05, 0) is 29.8 Å². The number of carbonyl (C=O) groups excluding carboxylic acids is 1. The smallest absolute Gasteiger partial charge is 0.239 e. The number of carbonyl (C=O) groups is 1. The molecule has 0 radical (unpaired) electrons. The van der Waals surface area contributed by atoms with Crippen LogP contribution in [0, 0.1) is 0 Å². The summed E-state index contributed by atoms with van der Waals surface area (Å²) in [4.78, 5) is 16.7. The number of hydrogen-bond acceptors (Lipinski definition) is 2. The lowest BCUT2D eigenvalue weighted by Crippen LogP contribution is -2.23. The molecular formula is C18H15ClN4O. The molecule has 0 saturated carbocycles. The number of aromatic nitrogens is 3. The molecule has 4 aromatic rings. The van der Waals surface area contributed by atoms with Gasteiger partial charge in [-0.2, -0.15) is 0 Å². The Morgan fingerprint density at radius 2 is 1.92 bits per heavy atom. The average Bonchev–Trinajstić information content (AvgIpc) is 3.12. The zero-order valence-electron chi connectivity index (χ0n) is 13.0. The Labute approximate surface area is 143 Å². The molecule has 0 aliphatic heterocycles. The van der Waals surface area contributed by atoms with Gasteiger partial charge in [-0.25, -0.2) is 4.98 Å². The van der Waals surface area contributed by atoms with Gasteiger partial charge in [-0.15, -0.1) is 0 Å². The van der Waals surface area contributed by atoms with Gasteiger partial charge in [0.25, 0.3) is 0 Å². The van der Waals surface area contributed by atoms with Crippen molar-refractivity contribution < 1.29 is 4.79 Å². The Morgan fingerprint density at radius 3 is 2.67 bits per heavy atom. The largest absolute Gasteiger partial charge is 0.358 e. The van der Waals surface area contributed by atoms with Crippen LogP contribution in [0.3, 0.4) is 0 Å². The van der Waals surface area contributed by atoms with E-state index in [2.05, 4.69) is 10.3 Å². The highest BCUT2D eigenvalue weighted by Crippen LogP contribution is 2.27. The monoisotopic (exact) mass is 338 g/mol. The molecular weight excluding hydrogens is 324 g/mol. The van der Waals surface area contributed by atoms with Crippen molar-refractivity contribution in [1.82, 2.24) is 19.3 Å². The number of imidazole rings is 2. The lowest BCUT2D eigenvalue weighted by Gasteiger charge is -2.08. The Balaban J connectivity index is 1.98. The van der Waals surface area contributed by atoms with E-state index in [1.807, 2.05) is 63.7 Å². The van der Waals surface area contributed by atoms with Gasteiger partial charge in [0.05, 0.1) is 16.7 Å². The normalized spacial score (nSPS) is 11.2. The van der Waals surface area contributed by atoms with Gasteiger partial charge < -0.3 is 9.88 Å². The summed E-state index contributed by atoms with van der Waals surface area (Å²) in [5.74, 6) is 0.667. The van der Waals surface area contributed by atoms with Gasteiger partial charge in [-0.1, -0.05) is 35.9 Å². The summed E-state index contributed by atoms with van der Waals surface area (Å²) in [6.07, 6.45) is 2.01. The fourth-order valence-corrected chi connectivity index (χ4v) is 3.00. The van der Waals surface area contributed by atoms with E-state index in [0.29, 0.717) is 5.02 Å². The van der Waals surface area contributed by atoms with Crippen LogP contribution >= 0.6 is 11.6 Å². The van der Waals surface area contributed by atoms with Crippen molar-refractivity contribution in [1.29, 1.82) is 0 Å². The van der Waals surface area contributed by atoms with Crippen molar-refractivity contribution in [3.8, 4) is 11.3 Å². The molecule has 0 aliphatic rings. The first-order valence-corrected chi connectivity index (χ1v) is 7.98. The molecule has 2 aromatic heterocycles. The molecule has 4 rings (SSSR count). The summed E-state index contributed by atoms with van der Waals surface area (Å²) >= 11 is 5.99. The summed E-state index contributed by atoms with van der Waals surface area (Å²) < 4.78 is 3.93. The third-order valence-corrected chi connectivity index (χ3v) is 4.33. The van der Waals surface area contributed by atoms with E-state index in [9.17, 15) is 4.79 Å². The van der Waals surface area contributed by atoms with Crippen LogP contribution in [0.4, 0.5) is 0 Å². The molecule has 1 N–H and O–H groups in total. The maximum Gasteiger partial charge on any atom is 0.239 e. The van der Waals surface area contributed by atoms with Crippen molar-refractivity contribution in [2.45, 2.75) is 6.54 Å². The number of fused-ring (bicyclic) bond motifs is 3. The Hall–Kier alpha value is -2.79. The summed E-state index contributed by atoms with van der Waals surface area (Å²) in [5, 5.41) is 3.35. The fraction of sp³-hybridized carbons (Fsp3) is 0.111. The van der Waals surface area contributed by atoms with Crippen molar-refractivity contribution in [3.05, 3.63) is 59.8 Å². The molecule has 0 fully saturated rings. The maximum atomic E-state index is 12.0. The van der Waals surface area contributed by atoms with Gasteiger partial charge in [-0.3, -0.25) is 9.20 Å². The molecule has 0 aliphatic carbocycles. The highest BCUT2D eigenvalue weighted by Gasteiger charge is 2.17. The summed E-state index contributed by atoms with van der Waals surface area (Å²) in [7, 11) is 1.63. The van der Waals surface area contributed by atoms with Crippen LogP contribution < -0.4 is 5.32 Å². The highest BCUT2D eigenvalue weighted by molar-refractivity contribution is 6.30. The van der Waals surface area contributed by atoms with Crippen molar-refractivity contribution in [3.63, 3.8) is 0 Å². The molecule has 0 bridgehead atoms. The molecule has 5 nitrogen and oxygen atoms in total. The number of benzene rings is 2. The average molecular weight is 339 g/mol. The van der Waals surface area contributed by atoms with E-state index in [4.69, 9.17) is 11.6 Å². The van der Waals surface area contributed by atoms with Crippen LogP contribution in [0.15, 0.2) is 54.7 Å². The number of hydrogen-bond donors (Lipinski definition) is 1. The third-order valence-electron chi connectivity index (χ3n) is 4.08. The molecule has 2 heterocycles. The zero-order valence-corrected chi connectivity index (χ0v) is 13.8. The van der Waals surface area contributed by atoms with Crippen LogP contribution in [-0.4, -0.2) is 26.9 Å². The van der Waals surface area contributed by atoms with E-state index in [0.717, 1.165) is 28.1 Å². The molecule has 0 saturated heterocycles. The zero-order chi connectivity index (χ0) is 16.7. The third kappa shape index (κ3) is 2.34. The predicted molar refractivity (Wildman–Crippen MR) is 95.2 cm³/mol. The second-order valence-electron chi connectivity index (χ2n) is 5.55. The lowest BCUT2D eigenvalue weighted by molar-refractivity contribution is -0.121. The highest BCUT2D eigenvalue weighted by atomic mass is 35.5. The van der Waals surface area contributed by atoms with Crippen molar-refractivity contribution in [2.75, 3.05) is 7.05 Å². The second kappa shape index (κ2) is 5.69. The molecule has 24 heavy (non-hydrogen) atoms. The molecule has 0 atom stereocenters. The number of likely N-dealkylation sites (N-methyl/N-ethyl adjacent to an activating group) is 1. The van der Waals surface area contributed by atoms with Crippen LogP contribution in [0.1, 0.15) is 0 Å². The van der Waals surface area contributed by atoms with Crippen molar-refractivity contribution in [2.24, 2.45) is 0 Å². The van der Waals surface area contributed by atoms with Gasteiger partial charge in [0, 0.05) is 18.3 Å². The van der Waals surface area contributed by atoms with E-state index in [1.165, 1.54) is 0 Å². The minimum atomic E-state index is -0.0737. The van der Waals surface area contributed by atoms with Gasteiger partial charge in [0.15, 0.2) is 0 Å². The van der Waals surface area contributed by atoms with Gasteiger partial charge in [0.1, 0.15) is 6.54 Å². The lowest BCUT2D eigenvalue weighted by atomic mass is 10.1. The number of halogens is 1. The van der Waals surface area contributed by atoms with Crippen molar-refractivity contribution >= 4 is 34.3 Å². The Bertz CT molecular complexity index is 1050. The van der Waals surface area contributed by atoms with E-state index >= 15 is 0 Å². The standard InChI is InChI=1S/C18H15ClN4O/c1-20-17(24)11-23-16(12-6-8-13(19)9-7-12)10-22-15-5-3-2-4-14(15)21-18(22)23/h2-10H,11H2,1H3,(H,20,24). The summed E-state index contributed by atoms with van der Waals surface area (Å²) in [6, 6.07) is 15.5. The van der Waals surface area contributed by atoms with Gasteiger partial charge >= 0.3 is 0 Å². The SMILES string of the molecule is CNC(=O)Cn1c(-c2ccc(Cl)cc2)cn2c3ccccc3nc12. The molecule has 0 unspecified atom stereocenters. The molecule has 120 valence electrons. The Morgan fingerprint density at radius 1 is 1.17 bits per heavy atom. The fourth-order valence-electron chi connectivity index (χ4n) is 2.88. The number of rotatable bonds is 3. The van der Waals surface area contributed by atoms with Gasteiger partial charge in [0.2, 0.25) is 11.7 Å². The van der Waals surface area contributed by atoms with Crippen LogP contribution in [-0.2, 0) is 11.3 Å². The summed E-state index contributed by atoms with van der Waals surface area (Å²) in [6.45, 7) is 0.203. The molecule has 6 heteroatoms. The summed E-state index contributed by atoms with van der Waals surface area (Å²) in [5.41, 5.74) is 3.82. The van der Waals surface area contributed by atoms with Crippen LogP contribution in [0.2, 0.25) is 5.02 Å². The first-order chi connectivity index (χ1) is 11.7. The number of amides is 1. The quantitative estimate of drug-likeness (QED) is 0.622. The van der Waals surface area contributed by atoms with E-state index in [-0.39, 0.29) is 12.5 Å². The first kappa shape index (κ1) is 14.8. The number of para-hydroxylation sites is 2. The van der Waals surface area contributed by atoms with Crippen LogP contribution in [0.5, 0.6) is 0 Å². The molecule has 1 amide bonds. The number of nitrogens with one attached hydrogen (secondary N) is 1. The predicted octanol–water partition coefficient (Wildman–Crippen LogP) is 3.36. The minimum absolute atomic E-state index is 0.0737. The second-order valence-corrected chi connectivity index (χ2v) is 5.99. The molecule has 2 aromatic carbocycles. The molecule has 0 spiro atoms. The Kier molecular flexibility index (Phi) is 3.50. The minimum Gasteiger partial charge on any atom is -0.358 e. The first-order valence-electron chi connectivity index (χ1n) is 7.60. The number of nitrogens with zero attached hydrogens (tertiary/aromatic N) is 3. The van der Waals surface area contributed by atoms with E-state index in [1.54, 1.807) is 7.05 Å². The van der Waals surface area contributed by atoms with Crippen LogP contribution in [0.25, 0.3) is 28.1 Å². The van der Waals surface area contributed by atoms with E-state index < -0.39 is 0 Å². The topological polar surface area (TPSA) is 51.3 Å². The maximum absolute atomic E-state index is 12.0.